The topological polar surface area (TPSA) is 67.8 Å². The highest BCUT2D eigenvalue weighted by atomic mass is 16.5. The third kappa shape index (κ3) is 4.83. The van der Waals surface area contributed by atoms with Gasteiger partial charge in [0.25, 0.3) is 0 Å². The highest BCUT2D eigenvalue weighted by Crippen LogP contribution is 2.19. The number of methoxy groups -OCH3 is 1. The Balaban J connectivity index is 1.37. The van der Waals surface area contributed by atoms with Gasteiger partial charge in [-0.1, -0.05) is 18.2 Å². The zero-order valence-electron chi connectivity index (χ0n) is 17.4. The van der Waals surface area contributed by atoms with E-state index < -0.39 is 0 Å². The lowest BCUT2D eigenvalue weighted by Gasteiger charge is -2.32. The molecule has 6 heteroatoms. The van der Waals surface area contributed by atoms with E-state index in [9.17, 15) is 4.79 Å². The quantitative estimate of drug-likeness (QED) is 0.533. The molecule has 3 N–H and O–H groups in total. The van der Waals surface area contributed by atoms with Crippen LogP contribution < -0.4 is 15.0 Å². The molecule has 0 spiro atoms. The van der Waals surface area contributed by atoms with E-state index in [1.54, 1.807) is 7.11 Å². The number of H-pyrrole nitrogens is 1. The van der Waals surface area contributed by atoms with Crippen molar-refractivity contribution in [1.29, 1.82) is 0 Å². The van der Waals surface area contributed by atoms with Crippen molar-refractivity contribution in [2.75, 3.05) is 40.0 Å². The fraction of sp³-hybridized carbons (Fsp3) is 0.375. The van der Waals surface area contributed by atoms with Gasteiger partial charge in [-0.2, -0.15) is 0 Å². The predicted octanol–water partition coefficient (Wildman–Crippen LogP) is 1.88. The molecule has 0 aliphatic carbocycles. The molecule has 1 saturated heterocycles. The van der Waals surface area contributed by atoms with Crippen LogP contribution >= 0.6 is 0 Å². The normalized spacial score (nSPS) is 15.8. The van der Waals surface area contributed by atoms with E-state index in [0.717, 1.165) is 44.0 Å². The number of rotatable bonds is 8. The second-order valence-corrected chi connectivity index (χ2v) is 7.76. The lowest BCUT2D eigenvalue weighted by atomic mass is 10.0. The van der Waals surface area contributed by atoms with Gasteiger partial charge < -0.3 is 24.7 Å². The van der Waals surface area contributed by atoms with Crippen molar-refractivity contribution in [3.63, 3.8) is 0 Å². The Morgan fingerprint density at radius 1 is 1.17 bits per heavy atom. The van der Waals surface area contributed by atoms with Gasteiger partial charge in [0.15, 0.2) is 0 Å². The van der Waals surface area contributed by atoms with Crippen molar-refractivity contribution in [2.24, 2.45) is 0 Å². The fourth-order valence-corrected chi connectivity index (χ4v) is 4.21. The number of nitrogens with one attached hydrogen (secondary N) is 3. The van der Waals surface area contributed by atoms with Gasteiger partial charge in [0.05, 0.1) is 26.9 Å². The number of aryl methyl sites for hydroxylation is 1. The van der Waals surface area contributed by atoms with Crippen LogP contribution in [-0.2, 0) is 16.0 Å². The maximum Gasteiger partial charge on any atom is 0.220 e. The van der Waals surface area contributed by atoms with E-state index in [2.05, 4.69) is 34.6 Å². The first kappa shape index (κ1) is 20.4. The summed E-state index contributed by atoms with van der Waals surface area (Å²) in [4.78, 5) is 17.3. The number of aromatic nitrogens is 1. The second kappa shape index (κ2) is 9.78. The molecule has 2 heterocycles. The minimum absolute atomic E-state index is 0.0893. The number of hydrogen-bond donors (Lipinski definition) is 3. The van der Waals surface area contributed by atoms with Crippen molar-refractivity contribution >= 4 is 16.8 Å². The van der Waals surface area contributed by atoms with Crippen LogP contribution in [-0.4, -0.2) is 50.8 Å². The van der Waals surface area contributed by atoms with Crippen LogP contribution in [0.25, 0.3) is 10.9 Å². The van der Waals surface area contributed by atoms with E-state index in [1.165, 1.54) is 21.4 Å². The highest BCUT2D eigenvalue weighted by molar-refractivity contribution is 5.84. The van der Waals surface area contributed by atoms with Gasteiger partial charge >= 0.3 is 0 Å². The Hall–Kier alpha value is -2.83. The predicted molar refractivity (Wildman–Crippen MR) is 117 cm³/mol. The van der Waals surface area contributed by atoms with Gasteiger partial charge in [-0.3, -0.25) is 4.79 Å². The smallest absolute Gasteiger partial charge is 0.220 e. The summed E-state index contributed by atoms with van der Waals surface area (Å²) in [5.74, 6) is 0.934. The number of benzene rings is 2. The van der Waals surface area contributed by atoms with Crippen LogP contribution in [0.5, 0.6) is 5.75 Å². The number of morpholine rings is 1. The molecular weight excluding hydrogens is 378 g/mol. The second-order valence-electron chi connectivity index (χ2n) is 7.76. The van der Waals surface area contributed by atoms with E-state index >= 15 is 0 Å². The molecule has 0 saturated carbocycles. The first-order valence-corrected chi connectivity index (χ1v) is 10.6. The summed E-state index contributed by atoms with van der Waals surface area (Å²) < 4.78 is 10.8. The molecule has 1 aromatic heterocycles. The summed E-state index contributed by atoms with van der Waals surface area (Å²) in [6.45, 7) is 4.03. The number of fused-ring (bicyclic) bond motifs is 1. The van der Waals surface area contributed by atoms with Crippen LogP contribution in [0, 0.1) is 0 Å². The monoisotopic (exact) mass is 408 g/mol. The molecule has 1 amide bonds. The Labute approximate surface area is 177 Å². The molecule has 1 aliphatic rings. The van der Waals surface area contributed by atoms with E-state index in [1.807, 2.05) is 30.5 Å². The molecular formula is C24H30N3O3+. The number of hydrogen-bond acceptors (Lipinski definition) is 3. The molecule has 0 unspecified atom stereocenters. The van der Waals surface area contributed by atoms with Crippen molar-refractivity contribution in [3.05, 3.63) is 65.9 Å². The summed E-state index contributed by atoms with van der Waals surface area (Å²) in [6.07, 6.45) is 3.22. The molecule has 3 aromatic rings. The van der Waals surface area contributed by atoms with E-state index in [0.29, 0.717) is 13.0 Å². The largest absolute Gasteiger partial charge is 0.497 e. The Kier molecular flexibility index (Phi) is 6.67. The maximum absolute atomic E-state index is 12.6. The Morgan fingerprint density at radius 2 is 1.93 bits per heavy atom. The summed E-state index contributed by atoms with van der Waals surface area (Å²) in [5.41, 5.74) is 3.51. The number of ether oxygens (including phenoxy) is 2. The number of aromatic amines is 1. The average molecular weight is 409 g/mol. The third-order valence-electron chi connectivity index (χ3n) is 5.95. The first-order chi connectivity index (χ1) is 14.7. The standard InChI is InChI=1S/C24H29N3O3/c1-29-20-9-6-18(7-10-20)23(27-12-14-30-15-13-27)17-26-24(28)11-8-19-16-25-22-5-3-2-4-21(19)22/h2-7,9-10,16,23,25H,8,11-15,17H2,1H3,(H,26,28)/p+1/t23-/m0/s1. The molecule has 0 bridgehead atoms. The van der Waals surface area contributed by atoms with Crippen LogP contribution in [0.1, 0.15) is 23.6 Å². The number of quaternary nitrogens is 1. The molecule has 158 valence electrons. The number of para-hydroxylation sites is 1. The molecule has 1 aliphatic heterocycles. The van der Waals surface area contributed by atoms with Gasteiger partial charge in [0, 0.05) is 29.1 Å². The van der Waals surface area contributed by atoms with Gasteiger partial charge in [0.1, 0.15) is 24.9 Å². The zero-order chi connectivity index (χ0) is 20.8. The summed E-state index contributed by atoms with van der Waals surface area (Å²) >= 11 is 0. The molecule has 4 rings (SSSR count). The van der Waals surface area contributed by atoms with Gasteiger partial charge in [-0.25, -0.2) is 0 Å². The maximum atomic E-state index is 12.6. The van der Waals surface area contributed by atoms with Crippen LogP contribution in [0.4, 0.5) is 0 Å². The minimum Gasteiger partial charge on any atom is -0.497 e. The van der Waals surface area contributed by atoms with Crippen molar-refractivity contribution in [3.8, 4) is 5.75 Å². The highest BCUT2D eigenvalue weighted by Gasteiger charge is 2.27. The molecule has 0 radical (unpaired) electrons. The summed E-state index contributed by atoms with van der Waals surface area (Å²) in [6, 6.07) is 16.6. The van der Waals surface area contributed by atoms with Crippen molar-refractivity contribution < 1.29 is 19.2 Å². The SMILES string of the molecule is COc1ccc([C@H](CNC(=O)CCc2c[nH]c3ccccc23)[NH+]2CCOCC2)cc1. The number of carbonyl (C=O) groups excluding carboxylic acids is 1. The lowest BCUT2D eigenvalue weighted by molar-refractivity contribution is -0.937. The van der Waals surface area contributed by atoms with Crippen LogP contribution in [0.3, 0.4) is 0 Å². The van der Waals surface area contributed by atoms with Crippen LogP contribution in [0.15, 0.2) is 54.7 Å². The van der Waals surface area contributed by atoms with Gasteiger partial charge in [0.2, 0.25) is 5.91 Å². The molecule has 1 atom stereocenters. The third-order valence-corrected chi connectivity index (χ3v) is 5.95. The Bertz CT molecular complexity index is 961. The minimum atomic E-state index is 0.0893. The van der Waals surface area contributed by atoms with E-state index in [-0.39, 0.29) is 11.9 Å². The zero-order valence-corrected chi connectivity index (χ0v) is 17.4. The first-order valence-electron chi connectivity index (χ1n) is 10.6. The Morgan fingerprint density at radius 3 is 2.70 bits per heavy atom. The van der Waals surface area contributed by atoms with E-state index in [4.69, 9.17) is 9.47 Å². The van der Waals surface area contributed by atoms with Crippen molar-refractivity contribution in [2.45, 2.75) is 18.9 Å². The van der Waals surface area contributed by atoms with Gasteiger partial charge in [-0.05, 0) is 42.3 Å². The fourth-order valence-electron chi connectivity index (χ4n) is 4.21. The average Bonchev–Trinajstić information content (AvgIpc) is 3.22. The number of amides is 1. The van der Waals surface area contributed by atoms with Crippen molar-refractivity contribution in [1.82, 2.24) is 10.3 Å². The summed E-state index contributed by atoms with van der Waals surface area (Å²) in [7, 11) is 1.67. The molecule has 1 fully saturated rings. The summed E-state index contributed by atoms with van der Waals surface area (Å²) in [5, 5.41) is 4.37. The molecule has 30 heavy (non-hydrogen) atoms. The van der Waals surface area contributed by atoms with Crippen LogP contribution in [0.2, 0.25) is 0 Å². The molecule has 2 aromatic carbocycles. The lowest BCUT2D eigenvalue weighted by Crippen LogP contribution is -3.15. The van der Waals surface area contributed by atoms with Gasteiger partial charge in [-0.15, -0.1) is 0 Å². The number of carbonyl (C=O) groups is 1. The molecule has 6 nitrogen and oxygen atoms in total.